The molecule has 5 heteroatoms. The normalized spacial score (nSPS) is 17.6. The first-order valence-electron chi connectivity index (χ1n) is 7.57. The average molecular weight is 335 g/mol. The first-order valence-corrected chi connectivity index (χ1v) is 8.76. The minimum Gasteiger partial charge on any atom is -0.351 e. The van der Waals surface area contributed by atoms with E-state index in [-0.39, 0.29) is 5.91 Å². The number of carbonyl (C=O) groups is 1. The largest absolute Gasteiger partial charge is 0.351 e. The summed E-state index contributed by atoms with van der Waals surface area (Å²) in [6, 6.07) is 11.6. The van der Waals surface area contributed by atoms with Gasteiger partial charge in [0, 0.05) is 16.4 Å². The van der Waals surface area contributed by atoms with Crippen LogP contribution in [0, 0.1) is 5.92 Å². The first kappa shape index (κ1) is 15.5. The van der Waals surface area contributed by atoms with Crippen LogP contribution in [-0.4, -0.2) is 25.5 Å². The number of thiophene rings is 1. The van der Waals surface area contributed by atoms with Gasteiger partial charge in [-0.1, -0.05) is 23.7 Å². The van der Waals surface area contributed by atoms with Crippen molar-refractivity contribution in [3.05, 3.63) is 46.3 Å². The van der Waals surface area contributed by atoms with Gasteiger partial charge in [0.15, 0.2) is 0 Å². The summed E-state index contributed by atoms with van der Waals surface area (Å²) >= 11 is 7.42. The number of amides is 1. The lowest BCUT2D eigenvalue weighted by atomic mass is 10.1. The molecule has 1 unspecified atom stereocenters. The fourth-order valence-corrected chi connectivity index (χ4v) is 3.72. The zero-order chi connectivity index (χ0) is 15.4. The predicted octanol–water partition coefficient (Wildman–Crippen LogP) is 3.80. The first-order chi connectivity index (χ1) is 10.7. The van der Waals surface area contributed by atoms with Crippen molar-refractivity contribution in [1.29, 1.82) is 0 Å². The maximum Gasteiger partial charge on any atom is 0.261 e. The van der Waals surface area contributed by atoms with Gasteiger partial charge in [0.25, 0.3) is 5.91 Å². The monoisotopic (exact) mass is 334 g/mol. The van der Waals surface area contributed by atoms with Crippen LogP contribution in [0.5, 0.6) is 0 Å². The standard InChI is InChI=1S/C17H19ClN2OS/c18-14-3-1-13(2-4-14)15-5-6-16(22-15)17(21)20-10-8-12-7-9-19-11-12/h1-6,12,19H,7-11H2,(H,20,21). The third-order valence-corrected chi connectivity index (χ3v) is 5.34. The molecule has 1 aromatic heterocycles. The molecule has 2 aromatic rings. The van der Waals surface area contributed by atoms with E-state index in [1.165, 1.54) is 17.8 Å². The lowest BCUT2D eigenvalue weighted by molar-refractivity contribution is 0.0955. The molecule has 1 aliphatic rings. The lowest BCUT2D eigenvalue weighted by Crippen LogP contribution is -2.25. The molecule has 1 atom stereocenters. The zero-order valence-corrected chi connectivity index (χ0v) is 13.8. The van der Waals surface area contributed by atoms with E-state index in [4.69, 9.17) is 11.6 Å². The number of nitrogens with one attached hydrogen (secondary N) is 2. The molecular weight excluding hydrogens is 316 g/mol. The van der Waals surface area contributed by atoms with Crippen LogP contribution in [0.4, 0.5) is 0 Å². The van der Waals surface area contributed by atoms with Gasteiger partial charge >= 0.3 is 0 Å². The smallest absolute Gasteiger partial charge is 0.261 e. The summed E-state index contributed by atoms with van der Waals surface area (Å²) in [6.45, 7) is 2.93. The molecule has 1 aliphatic heterocycles. The quantitative estimate of drug-likeness (QED) is 0.873. The highest BCUT2D eigenvalue weighted by atomic mass is 35.5. The molecule has 22 heavy (non-hydrogen) atoms. The Labute approximate surface area is 139 Å². The Morgan fingerprint density at radius 1 is 1.27 bits per heavy atom. The number of hydrogen-bond donors (Lipinski definition) is 2. The second-order valence-electron chi connectivity index (χ2n) is 5.57. The number of benzene rings is 1. The van der Waals surface area contributed by atoms with Crippen molar-refractivity contribution < 1.29 is 4.79 Å². The molecule has 1 saturated heterocycles. The van der Waals surface area contributed by atoms with E-state index in [2.05, 4.69) is 10.6 Å². The highest BCUT2D eigenvalue weighted by Crippen LogP contribution is 2.29. The Hall–Kier alpha value is -1.36. The lowest BCUT2D eigenvalue weighted by Gasteiger charge is -2.08. The van der Waals surface area contributed by atoms with Gasteiger partial charge in [-0.25, -0.2) is 0 Å². The van der Waals surface area contributed by atoms with Gasteiger partial charge in [0.05, 0.1) is 4.88 Å². The van der Waals surface area contributed by atoms with Gasteiger partial charge in [0.1, 0.15) is 0 Å². The number of carbonyl (C=O) groups excluding carboxylic acids is 1. The Kier molecular flexibility index (Phi) is 5.13. The second kappa shape index (κ2) is 7.27. The maximum atomic E-state index is 12.2. The molecule has 0 aliphatic carbocycles. The molecule has 1 fully saturated rings. The minimum absolute atomic E-state index is 0.0242. The molecule has 0 saturated carbocycles. The highest BCUT2D eigenvalue weighted by molar-refractivity contribution is 7.17. The summed E-state index contributed by atoms with van der Waals surface area (Å²) in [7, 11) is 0. The molecule has 2 heterocycles. The molecule has 1 aromatic carbocycles. The Morgan fingerprint density at radius 3 is 2.82 bits per heavy atom. The fourth-order valence-electron chi connectivity index (χ4n) is 2.67. The molecule has 3 nitrogen and oxygen atoms in total. The van der Waals surface area contributed by atoms with Gasteiger partial charge < -0.3 is 10.6 Å². The van der Waals surface area contributed by atoms with Crippen LogP contribution in [0.25, 0.3) is 10.4 Å². The van der Waals surface area contributed by atoms with E-state index in [9.17, 15) is 4.79 Å². The Balaban J connectivity index is 1.55. The van der Waals surface area contributed by atoms with Crippen LogP contribution in [0.3, 0.4) is 0 Å². The van der Waals surface area contributed by atoms with Crippen molar-refractivity contribution in [3.63, 3.8) is 0 Å². The van der Waals surface area contributed by atoms with E-state index in [1.54, 1.807) is 0 Å². The Morgan fingerprint density at radius 2 is 2.09 bits per heavy atom. The fraction of sp³-hybridized carbons (Fsp3) is 0.353. The molecule has 0 radical (unpaired) electrons. The van der Waals surface area contributed by atoms with Crippen molar-refractivity contribution in [2.45, 2.75) is 12.8 Å². The van der Waals surface area contributed by atoms with E-state index >= 15 is 0 Å². The third-order valence-electron chi connectivity index (χ3n) is 3.96. The van der Waals surface area contributed by atoms with Crippen molar-refractivity contribution >= 4 is 28.8 Å². The van der Waals surface area contributed by atoms with Crippen LogP contribution in [-0.2, 0) is 0 Å². The van der Waals surface area contributed by atoms with E-state index in [1.807, 2.05) is 36.4 Å². The van der Waals surface area contributed by atoms with Crippen molar-refractivity contribution in [2.75, 3.05) is 19.6 Å². The average Bonchev–Trinajstić information content (AvgIpc) is 3.19. The van der Waals surface area contributed by atoms with Crippen molar-refractivity contribution in [2.24, 2.45) is 5.92 Å². The molecule has 0 bridgehead atoms. The molecule has 116 valence electrons. The number of halogens is 1. The number of rotatable bonds is 5. The van der Waals surface area contributed by atoms with E-state index < -0.39 is 0 Å². The maximum absolute atomic E-state index is 12.2. The van der Waals surface area contributed by atoms with Crippen LogP contribution in [0.15, 0.2) is 36.4 Å². The van der Waals surface area contributed by atoms with E-state index in [0.717, 1.165) is 46.4 Å². The molecule has 3 rings (SSSR count). The van der Waals surface area contributed by atoms with Gasteiger partial charge in [-0.15, -0.1) is 11.3 Å². The summed E-state index contributed by atoms with van der Waals surface area (Å²) in [5.74, 6) is 0.726. The zero-order valence-electron chi connectivity index (χ0n) is 12.3. The van der Waals surface area contributed by atoms with Crippen LogP contribution < -0.4 is 10.6 Å². The molecular formula is C17H19ClN2OS. The summed E-state index contributed by atoms with van der Waals surface area (Å²) in [4.78, 5) is 14.0. The molecule has 1 amide bonds. The predicted molar refractivity (Wildman–Crippen MR) is 92.7 cm³/mol. The summed E-state index contributed by atoms with van der Waals surface area (Å²) in [5.41, 5.74) is 1.09. The molecule has 0 spiro atoms. The van der Waals surface area contributed by atoms with Crippen molar-refractivity contribution in [3.8, 4) is 10.4 Å². The summed E-state index contributed by atoms with van der Waals surface area (Å²) in [6.07, 6.45) is 2.27. The topological polar surface area (TPSA) is 41.1 Å². The van der Waals surface area contributed by atoms with Crippen LogP contribution in [0.1, 0.15) is 22.5 Å². The third kappa shape index (κ3) is 3.88. The van der Waals surface area contributed by atoms with Gasteiger partial charge in [-0.2, -0.15) is 0 Å². The van der Waals surface area contributed by atoms with Crippen LogP contribution in [0.2, 0.25) is 5.02 Å². The number of hydrogen-bond acceptors (Lipinski definition) is 3. The summed E-state index contributed by atoms with van der Waals surface area (Å²) in [5, 5.41) is 7.09. The summed E-state index contributed by atoms with van der Waals surface area (Å²) < 4.78 is 0. The highest BCUT2D eigenvalue weighted by Gasteiger charge is 2.15. The van der Waals surface area contributed by atoms with Gasteiger partial charge in [-0.3, -0.25) is 4.79 Å². The Bertz CT molecular complexity index is 632. The minimum atomic E-state index is 0.0242. The van der Waals surface area contributed by atoms with Gasteiger partial charge in [0.2, 0.25) is 0 Å². The van der Waals surface area contributed by atoms with Crippen molar-refractivity contribution in [1.82, 2.24) is 10.6 Å². The SMILES string of the molecule is O=C(NCCC1CCNC1)c1ccc(-c2ccc(Cl)cc2)s1. The second-order valence-corrected chi connectivity index (χ2v) is 7.09. The van der Waals surface area contributed by atoms with Crippen LogP contribution >= 0.6 is 22.9 Å². The van der Waals surface area contributed by atoms with E-state index in [0.29, 0.717) is 5.92 Å². The van der Waals surface area contributed by atoms with Gasteiger partial charge in [-0.05, 0) is 61.7 Å². The molecule has 2 N–H and O–H groups in total.